The molecule has 0 heterocycles. The highest BCUT2D eigenvalue weighted by molar-refractivity contribution is 5.82. The number of nitrogens with two attached hydrogens (primary N) is 1. The van der Waals surface area contributed by atoms with Crippen molar-refractivity contribution < 1.29 is 20.4 Å². The molecular weight excluding hydrogens is 334 g/mol. The van der Waals surface area contributed by atoms with Crippen molar-refractivity contribution in [2.75, 3.05) is 55.4 Å². The molecular formula is C19H27N3O4. The summed E-state index contributed by atoms with van der Waals surface area (Å²) in [7, 11) is 0. The highest BCUT2D eigenvalue weighted by atomic mass is 16.3. The van der Waals surface area contributed by atoms with Gasteiger partial charge in [-0.25, -0.2) is 0 Å². The number of nitrogens with one attached hydrogen (secondary N) is 1. The molecule has 0 saturated carbocycles. The Bertz CT molecular complexity index is 690. The van der Waals surface area contributed by atoms with Crippen molar-refractivity contribution in [3.63, 3.8) is 0 Å². The van der Waals surface area contributed by atoms with Crippen molar-refractivity contribution in [3.05, 3.63) is 42.5 Å². The third-order valence-electron chi connectivity index (χ3n) is 4.04. The van der Waals surface area contributed by atoms with Crippen LogP contribution in [0.15, 0.2) is 42.5 Å². The van der Waals surface area contributed by atoms with Crippen LogP contribution in [-0.4, -0.2) is 66.0 Å². The maximum absolute atomic E-state index is 9.58. The maximum Gasteiger partial charge on any atom is 0.0942 e. The molecule has 0 spiro atoms. The SMILES string of the molecule is Nc1ccc(NCC(O)CO)c(-c2cccc(N(CCO)CCO)c2)c1. The highest BCUT2D eigenvalue weighted by Gasteiger charge is 2.11. The Labute approximate surface area is 153 Å². The van der Waals surface area contributed by atoms with Crippen molar-refractivity contribution in [2.24, 2.45) is 0 Å². The number of benzene rings is 2. The molecule has 7 nitrogen and oxygen atoms in total. The van der Waals surface area contributed by atoms with E-state index >= 15 is 0 Å². The normalized spacial score (nSPS) is 12.0. The summed E-state index contributed by atoms with van der Waals surface area (Å²) in [5.41, 5.74) is 10.0. The Morgan fingerprint density at radius 1 is 1.00 bits per heavy atom. The number of nitrogen functional groups attached to an aromatic ring is 1. The van der Waals surface area contributed by atoms with Crippen molar-refractivity contribution >= 4 is 17.1 Å². The lowest BCUT2D eigenvalue weighted by atomic mass is 10.0. The van der Waals surface area contributed by atoms with Gasteiger partial charge in [-0.1, -0.05) is 12.1 Å². The molecule has 0 bridgehead atoms. The first kappa shape index (κ1) is 20.0. The summed E-state index contributed by atoms with van der Waals surface area (Å²) in [5, 5.41) is 40.2. The van der Waals surface area contributed by atoms with Gasteiger partial charge in [-0.15, -0.1) is 0 Å². The predicted molar refractivity (Wildman–Crippen MR) is 104 cm³/mol. The predicted octanol–water partition coefficient (Wildman–Crippen LogP) is 0.492. The van der Waals surface area contributed by atoms with Crippen molar-refractivity contribution in [1.82, 2.24) is 0 Å². The number of aliphatic hydroxyl groups is 4. The van der Waals surface area contributed by atoms with Gasteiger partial charge >= 0.3 is 0 Å². The van der Waals surface area contributed by atoms with Crippen molar-refractivity contribution in [3.8, 4) is 11.1 Å². The minimum Gasteiger partial charge on any atom is -0.399 e. The van der Waals surface area contributed by atoms with E-state index in [1.54, 1.807) is 6.07 Å². The van der Waals surface area contributed by atoms with Gasteiger partial charge in [-0.3, -0.25) is 0 Å². The summed E-state index contributed by atoms with van der Waals surface area (Å²) in [6.45, 7) is 0.741. The van der Waals surface area contributed by atoms with Gasteiger partial charge in [0.05, 0.1) is 25.9 Å². The fraction of sp³-hybridized carbons (Fsp3) is 0.368. The van der Waals surface area contributed by atoms with Crippen LogP contribution in [0, 0.1) is 0 Å². The molecule has 1 unspecified atom stereocenters. The van der Waals surface area contributed by atoms with Crippen molar-refractivity contribution in [2.45, 2.75) is 6.10 Å². The van der Waals surface area contributed by atoms with Crippen LogP contribution in [0.1, 0.15) is 0 Å². The zero-order valence-corrected chi connectivity index (χ0v) is 14.7. The standard InChI is InChI=1S/C19H27N3O4/c20-15-4-5-19(21-12-17(26)13-25)18(11-15)14-2-1-3-16(10-14)22(6-8-23)7-9-24/h1-5,10-11,17,21,23-26H,6-9,12-13,20H2. The van der Waals surface area contributed by atoms with Gasteiger partial charge < -0.3 is 36.4 Å². The Hall–Kier alpha value is -2.32. The molecule has 0 radical (unpaired) electrons. The Morgan fingerprint density at radius 2 is 1.73 bits per heavy atom. The molecule has 142 valence electrons. The smallest absolute Gasteiger partial charge is 0.0942 e. The lowest BCUT2D eigenvalue weighted by Gasteiger charge is -2.24. The first-order valence-electron chi connectivity index (χ1n) is 8.58. The average molecular weight is 361 g/mol. The van der Waals surface area contributed by atoms with Gasteiger partial charge in [0.1, 0.15) is 0 Å². The van der Waals surface area contributed by atoms with Gasteiger partial charge in [-0.2, -0.15) is 0 Å². The van der Waals surface area contributed by atoms with Crippen LogP contribution in [0.5, 0.6) is 0 Å². The van der Waals surface area contributed by atoms with Gasteiger partial charge in [0.25, 0.3) is 0 Å². The number of hydrogen-bond acceptors (Lipinski definition) is 7. The second-order valence-corrected chi connectivity index (χ2v) is 6.01. The van der Waals surface area contributed by atoms with Crippen LogP contribution >= 0.6 is 0 Å². The second kappa shape index (κ2) is 9.98. The molecule has 2 aromatic carbocycles. The third-order valence-corrected chi connectivity index (χ3v) is 4.04. The zero-order valence-electron chi connectivity index (χ0n) is 14.7. The Morgan fingerprint density at radius 3 is 2.38 bits per heavy atom. The largest absolute Gasteiger partial charge is 0.399 e. The molecule has 26 heavy (non-hydrogen) atoms. The van der Waals surface area contributed by atoms with Crippen molar-refractivity contribution in [1.29, 1.82) is 0 Å². The van der Waals surface area contributed by atoms with Crippen LogP contribution in [0.2, 0.25) is 0 Å². The number of nitrogens with zero attached hydrogens (tertiary/aromatic N) is 1. The molecule has 0 aromatic heterocycles. The third kappa shape index (κ3) is 5.34. The summed E-state index contributed by atoms with van der Waals surface area (Å²) in [6.07, 6.45) is -0.851. The van der Waals surface area contributed by atoms with E-state index in [-0.39, 0.29) is 26.4 Å². The van der Waals surface area contributed by atoms with Gasteiger partial charge in [0.2, 0.25) is 0 Å². The van der Waals surface area contributed by atoms with Gasteiger partial charge in [0.15, 0.2) is 0 Å². The molecule has 2 rings (SSSR count). The fourth-order valence-electron chi connectivity index (χ4n) is 2.73. The Kier molecular flexibility index (Phi) is 7.68. The molecule has 0 aliphatic heterocycles. The molecule has 7 N–H and O–H groups in total. The molecule has 2 aromatic rings. The average Bonchev–Trinajstić information content (AvgIpc) is 2.66. The summed E-state index contributed by atoms with van der Waals surface area (Å²) in [4.78, 5) is 1.90. The maximum atomic E-state index is 9.58. The summed E-state index contributed by atoms with van der Waals surface area (Å²) >= 11 is 0. The minimum atomic E-state index is -0.851. The van der Waals surface area contributed by atoms with E-state index in [1.807, 2.05) is 41.3 Å². The van der Waals surface area contributed by atoms with Crippen LogP contribution < -0.4 is 16.0 Å². The van der Waals surface area contributed by atoms with E-state index < -0.39 is 6.10 Å². The van der Waals surface area contributed by atoms with Crippen LogP contribution in [0.25, 0.3) is 11.1 Å². The Balaban J connectivity index is 2.35. The van der Waals surface area contributed by atoms with Crippen LogP contribution in [0.4, 0.5) is 17.1 Å². The van der Waals surface area contributed by atoms with E-state index in [2.05, 4.69) is 5.32 Å². The van der Waals surface area contributed by atoms with E-state index in [0.29, 0.717) is 18.8 Å². The quantitative estimate of drug-likeness (QED) is 0.341. The monoisotopic (exact) mass is 361 g/mol. The number of hydrogen-bond donors (Lipinski definition) is 6. The summed E-state index contributed by atoms with van der Waals surface area (Å²) in [6, 6.07) is 13.2. The van der Waals surface area contributed by atoms with E-state index in [4.69, 9.17) is 10.8 Å². The van der Waals surface area contributed by atoms with Gasteiger partial charge in [0, 0.05) is 42.3 Å². The molecule has 0 amide bonds. The molecule has 0 fully saturated rings. The summed E-state index contributed by atoms with van der Waals surface area (Å²) < 4.78 is 0. The topological polar surface area (TPSA) is 122 Å². The zero-order chi connectivity index (χ0) is 18.9. The lowest BCUT2D eigenvalue weighted by Crippen LogP contribution is -2.29. The van der Waals surface area contributed by atoms with E-state index in [0.717, 1.165) is 22.5 Å². The molecule has 0 aliphatic carbocycles. The lowest BCUT2D eigenvalue weighted by molar-refractivity contribution is 0.105. The molecule has 0 saturated heterocycles. The number of aliphatic hydroxyl groups excluding tert-OH is 4. The number of rotatable bonds is 10. The van der Waals surface area contributed by atoms with Crippen LogP contribution in [-0.2, 0) is 0 Å². The molecule has 0 aliphatic rings. The fourth-order valence-corrected chi connectivity index (χ4v) is 2.73. The van der Waals surface area contributed by atoms with Gasteiger partial charge in [-0.05, 0) is 35.9 Å². The molecule has 7 heteroatoms. The summed E-state index contributed by atoms with van der Waals surface area (Å²) in [5.74, 6) is 0. The minimum absolute atomic E-state index is 0.00559. The second-order valence-electron chi connectivity index (χ2n) is 6.01. The number of anilines is 3. The van der Waals surface area contributed by atoms with E-state index in [1.165, 1.54) is 0 Å². The first-order chi connectivity index (χ1) is 12.6. The molecule has 1 atom stereocenters. The first-order valence-corrected chi connectivity index (χ1v) is 8.58. The highest BCUT2D eigenvalue weighted by Crippen LogP contribution is 2.32. The van der Waals surface area contributed by atoms with Crippen LogP contribution in [0.3, 0.4) is 0 Å². The van der Waals surface area contributed by atoms with E-state index in [9.17, 15) is 15.3 Å².